The Labute approximate surface area is 295 Å². The molecule has 0 atom stereocenters. The van der Waals surface area contributed by atoms with Crippen LogP contribution in [0.15, 0.2) is 199 Å². The molecule has 0 aliphatic rings. The van der Waals surface area contributed by atoms with Crippen LogP contribution in [0.1, 0.15) is 0 Å². The summed E-state index contributed by atoms with van der Waals surface area (Å²) in [5.41, 5.74) is 13.4. The summed E-state index contributed by atoms with van der Waals surface area (Å²) in [4.78, 5) is 2.33. The Morgan fingerprint density at radius 3 is 1.75 bits per heavy atom. The molecule has 10 rings (SSSR count). The maximum absolute atomic E-state index is 6.28. The molecule has 0 aliphatic heterocycles. The van der Waals surface area contributed by atoms with Crippen molar-refractivity contribution in [3.63, 3.8) is 0 Å². The minimum atomic E-state index is 0.880. The van der Waals surface area contributed by atoms with Crippen molar-refractivity contribution in [3.8, 4) is 27.9 Å². The summed E-state index contributed by atoms with van der Waals surface area (Å²) in [6.07, 6.45) is 0. The molecule has 10 aromatic rings. The highest BCUT2D eigenvalue weighted by Crippen LogP contribution is 2.43. The summed E-state index contributed by atoms with van der Waals surface area (Å²) in [5.74, 6) is 0. The summed E-state index contributed by atoms with van der Waals surface area (Å²) in [7, 11) is 0. The Bertz CT molecular complexity index is 2830. The fraction of sp³-hybridized carbons (Fsp3) is 0. The van der Waals surface area contributed by atoms with Gasteiger partial charge in [-0.05, 0) is 95.1 Å². The molecule has 0 saturated heterocycles. The van der Waals surface area contributed by atoms with E-state index < -0.39 is 0 Å². The third kappa shape index (κ3) is 4.90. The molecule has 0 amide bonds. The number of nitrogens with zero attached hydrogens (tertiary/aromatic N) is 2. The van der Waals surface area contributed by atoms with Crippen molar-refractivity contribution in [1.82, 2.24) is 4.57 Å². The minimum absolute atomic E-state index is 0.880. The number of fused-ring (bicyclic) bond motifs is 6. The number of anilines is 3. The van der Waals surface area contributed by atoms with Crippen LogP contribution in [-0.4, -0.2) is 4.57 Å². The zero-order valence-electron chi connectivity index (χ0n) is 27.8. The highest BCUT2D eigenvalue weighted by atomic mass is 16.3. The number of hydrogen-bond acceptors (Lipinski definition) is 2. The average molecular weight is 653 g/mol. The Kier molecular flexibility index (Phi) is 6.81. The van der Waals surface area contributed by atoms with Gasteiger partial charge < -0.3 is 13.9 Å². The Morgan fingerprint density at radius 1 is 0.373 bits per heavy atom. The summed E-state index contributed by atoms with van der Waals surface area (Å²) in [5, 5.41) is 4.70. The third-order valence-corrected chi connectivity index (χ3v) is 10.00. The second-order valence-electron chi connectivity index (χ2n) is 13.0. The summed E-state index contributed by atoms with van der Waals surface area (Å²) in [6.45, 7) is 0. The summed E-state index contributed by atoms with van der Waals surface area (Å²) in [6, 6.07) is 69.1. The van der Waals surface area contributed by atoms with Crippen molar-refractivity contribution in [2.75, 3.05) is 4.90 Å². The van der Waals surface area contributed by atoms with Crippen LogP contribution in [0, 0.1) is 0 Å². The van der Waals surface area contributed by atoms with Gasteiger partial charge in [-0.1, -0.05) is 121 Å². The van der Waals surface area contributed by atoms with E-state index in [-0.39, 0.29) is 0 Å². The average Bonchev–Trinajstić information content (AvgIpc) is 3.75. The Hall–Kier alpha value is -6.84. The first-order valence-electron chi connectivity index (χ1n) is 17.4. The minimum Gasteiger partial charge on any atom is -0.456 e. The molecule has 0 fully saturated rings. The number of para-hydroxylation sites is 3. The molecule has 0 bridgehead atoms. The molecule has 2 heterocycles. The van der Waals surface area contributed by atoms with E-state index in [1.165, 1.54) is 44.1 Å². The van der Waals surface area contributed by atoms with Gasteiger partial charge in [0, 0.05) is 33.2 Å². The molecule has 3 nitrogen and oxygen atoms in total. The molecule has 240 valence electrons. The fourth-order valence-corrected chi connectivity index (χ4v) is 7.61. The van der Waals surface area contributed by atoms with Gasteiger partial charge in [-0.2, -0.15) is 0 Å². The van der Waals surface area contributed by atoms with Crippen molar-refractivity contribution in [1.29, 1.82) is 0 Å². The van der Waals surface area contributed by atoms with Crippen LogP contribution in [0.3, 0.4) is 0 Å². The maximum atomic E-state index is 6.28. The predicted octanol–water partition coefficient (Wildman–Crippen LogP) is 13.5. The van der Waals surface area contributed by atoms with Gasteiger partial charge in [-0.25, -0.2) is 0 Å². The molecule has 0 unspecified atom stereocenters. The van der Waals surface area contributed by atoms with Crippen LogP contribution in [0.2, 0.25) is 0 Å². The summed E-state index contributed by atoms with van der Waals surface area (Å²) >= 11 is 0. The van der Waals surface area contributed by atoms with Crippen molar-refractivity contribution < 1.29 is 4.42 Å². The lowest BCUT2D eigenvalue weighted by molar-refractivity contribution is 0.669. The quantitative estimate of drug-likeness (QED) is 0.178. The van der Waals surface area contributed by atoms with Crippen molar-refractivity contribution in [2.24, 2.45) is 0 Å². The molecular weight excluding hydrogens is 621 g/mol. The first-order valence-corrected chi connectivity index (χ1v) is 17.4. The van der Waals surface area contributed by atoms with E-state index >= 15 is 0 Å². The lowest BCUT2D eigenvalue weighted by Crippen LogP contribution is -2.10. The van der Waals surface area contributed by atoms with Crippen LogP contribution < -0.4 is 4.90 Å². The van der Waals surface area contributed by atoms with Crippen molar-refractivity contribution >= 4 is 60.8 Å². The van der Waals surface area contributed by atoms with Crippen molar-refractivity contribution in [2.45, 2.75) is 0 Å². The molecule has 8 aromatic carbocycles. The van der Waals surface area contributed by atoms with E-state index in [0.717, 1.165) is 44.7 Å². The first kappa shape index (κ1) is 29.1. The highest BCUT2D eigenvalue weighted by Gasteiger charge is 2.19. The number of hydrogen-bond donors (Lipinski definition) is 0. The molecule has 0 radical (unpaired) electrons. The van der Waals surface area contributed by atoms with E-state index in [1.807, 2.05) is 12.1 Å². The number of rotatable bonds is 6. The van der Waals surface area contributed by atoms with Gasteiger partial charge in [-0.15, -0.1) is 0 Å². The fourth-order valence-electron chi connectivity index (χ4n) is 7.61. The first-order chi connectivity index (χ1) is 25.3. The third-order valence-electron chi connectivity index (χ3n) is 10.00. The van der Waals surface area contributed by atoms with E-state index in [4.69, 9.17) is 4.42 Å². The van der Waals surface area contributed by atoms with Gasteiger partial charge in [0.15, 0.2) is 0 Å². The van der Waals surface area contributed by atoms with E-state index in [9.17, 15) is 0 Å². The van der Waals surface area contributed by atoms with Gasteiger partial charge >= 0.3 is 0 Å². The molecule has 2 aromatic heterocycles. The molecule has 0 spiro atoms. The highest BCUT2D eigenvalue weighted by molar-refractivity contribution is 6.13. The lowest BCUT2D eigenvalue weighted by Gasteiger charge is -2.26. The zero-order valence-corrected chi connectivity index (χ0v) is 27.8. The van der Waals surface area contributed by atoms with Gasteiger partial charge in [0.05, 0.1) is 22.1 Å². The monoisotopic (exact) mass is 652 g/mol. The molecule has 3 heteroatoms. The van der Waals surface area contributed by atoms with Crippen LogP contribution in [0.5, 0.6) is 0 Å². The number of aromatic nitrogens is 1. The van der Waals surface area contributed by atoms with Crippen LogP contribution in [0.25, 0.3) is 71.7 Å². The topological polar surface area (TPSA) is 21.3 Å². The SMILES string of the molecule is c1ccc(-c2ccc(-n3c4ccccc4c4cc(-c5ccc(N(c6ccccc6)c6cccc7oc8ccccc8c67)cc5)ccc43)cc2)cc1. The van der Waals surface area contributed by atoms with Gasteiger partial charge in [0.1, 0.15) is 11.2 Å². The number of benzene rings is 8. The second kappa shape index (κ2) is 11.9. The second-order valence-corrected chi connectivity index (χ2v) is 13.0. The summed E-state index contributed by atoms with van der Waals surface area (Å²) < 4.78 is 8.66. The van der Waals surface area contributed by atoms with Crippen LogP contribution in [-0.2, 0) is 0 Å². The zero-order chi connectivity index (χ0) is 33.7. The Balaban J connectivity index is 1.06. The predicted molar refractivity (Wildman–Crippen MR) is 214 cm³/mol. The molecular formula is C48H32N2O. The van der Waals surface area contributed by atoms with Gasteiger partial charge in [0.25, 0.3) is 0 Å². The molecule has 0 N–H and O–H groups in total. The molecule has 0 saturated carbocycles. The Morgan fingerprint density at radius 2 is 0.941 bits per heavy atom. The van der Waals surface area contributed by atoms with Crippen molar-refractivity contribution in [3.05, 3.63) is 194 Å². The smallest absolute Gasteiger partial charge is 0.137 e. The number of furan rings is 1. The molecule has 0 aliphatic carbocycles. The van der Waals surface area contributed by atoms with Gasteiger partial charge in [-0.3, -0.25) is 0 Å². The largest absolute Gasteiger partial charge is 0.456 e. The van der Waals surface area contributed by atoms with E-state index in [2.05, 4.69) is 191 Å². The maximum Gasteiger partial charge on any atom is 0.137 e. The molecule has 51 heavy (non-hydrogen) atoms. The van der Waals surface area contributed by atoms with E-state index in [0.29, 0.717) is 0 Å². The lowest BCUT2D eigenvalue weighted by atomic mass is 10.0. The van der Waals surface area contributed by atoms with Gasteiger partial charge in [0.2, 0.25) is 0 Å². The van der Waals surface area contributed by atoms with Crippen LogP contribution >= 0.6 is 0 Å². The normalized spacial score (nSPS) is 11.5. The van der Waals surface area contributed by atoms with E-state index in [1.54, 1.807) is 0 Å². The van der Waals surface area contributed by atoms with Crippen LogP contribution in [0.4, 0.5) is 17.1 Å². The standard InChI is InChI=1S/C48H32N2O/c1-3-12-33(13-4-1)34-22-29-39(30-23-34)50-43-18-9-7-16-40(43)42-32-36(26-31-44(42)50)35-24-27-38(28-25-35)49(37-14-5-2-6-15-37)45-19-11-21-47-48(45)41-17-8-10-20-46(41)51-47/h1-32H.